The van der Waals surface area contributed by atoms with Crippen LogP contribution in [0.5, 0.6) is 0 Å². The molecule has 0 radical (unpaired) electrons. The van der Waals surface area contributed by atoms with Gasteiger partial charge in [0.1, 0.15) is 0 Å². The first-order chi connectivity index (χ1) is 8.00. The number of aryl methyl sites for hydroxylation is 1. The summed E-state index contributed by atoms with van der Waals surface area (Å²) < 4.78 is 0. The van der Waals surface area contributed by atoms with Gasteiger partial charge in [0, 0.05) is 12.7 Å². The zero-order chi connectivity index (χ0) is 12.8. The first-order valence-electron chi connectivity index (χ1n) is 5.46. The summed E-state index contributed by atoms with van der Waals surface area (Å²) in [6.07, 6.45) is 4.94. The lowest BCUT2D eigenvalue weighted by atomic mass is 10.1. The van der Waals surface area contributed by atoms with Gasteiger partial charge in [0.15, 0.2) is 5.12 Å². The molecule has 92 valence electrons. The molecule has 0 saturated heterocycles. The first kappa shape index (κ1) is 13.6. The smallest absolute Gasteiger partial charge is 0.185 e. The van der Waals surface area contributed by atoms with Crippen molar-refractivity contribution < 1.29 is 4.79 Å². The summed E-state index contributed by atoms with van der Waals surface area (Å²) in [5.41, 5.74) is 14.9. The lowest BCUT2D eigenvalue weighted by molar-refractivity contribution is -0.109. The number of hydrogen-bond donors (Lipinski definition) is 2. The first-order valence-corrected chi connectivity index (χ1v) is 6.44. The molecule has 0 unspecified atom stereocenters. The Morgan fingerprint density at radius 2 is 2.00 bits per heavy atom. The van der Waals surface area contributed by atoms with Gasteiger partial charge < -0.3 is 11.5 Å². The normalized spacial score (nSPS) is 10.9. The molecular formula is C13H18N2OS. The van der Waals surface area contributed by atoms with Gasteiger partial charge in [-0.25, -0.2) is 0 Å². The van der Waals surface area contributed by atoms with Gasteiger partial charge >= 0.3 is 0 Å². The minimum Gasteiger partial charge on any atom is -0.397 e. The standard InChI is InChI=1S/C13H18N2OS/c1-9-7-12(14)13(15)8-11(9)5-3-4-6-17-10(2)16/h3,5,7-8H,4,6,14-15H2,1-2H3. The molecule has 0 heterocycles. The van der Waals surface area contributed by atoms with Gasteiger partial charge in [0.25, 0.3) is 0 Å². The number of anilines is 2. The van der Waals surface area contributed by atoms with Crippen molar-refractivity contribution >= 4 is 34.3 Å². The summed E-state index contributed by atoms with van der Waals surface area (Å²) in [4.78, 5) is 10.7. The van der Waals surface area contributed by atoms with Crippen molar-refractivity contribution in [1.29, 1.82) is 0 Å². The molecule has 0 amide bonds. The Morgan fingerprint density at radius 1 is 1.35 bits per heavy atom. The average Bonchev–Trinajstić information content (AvgIpc) is 2.24. The van der Waals surface area contributed by atoms with Crippen LogP contribution in [0, 0.1) is 6.92 Å². The molecule has 0 aliphatic rings. The van der Waals surface area contributed by atoms with Gasteiger partial charge in [0.2, 0.25) is 0 Å². The summed E-state index contributed by atoms with van der Waals surface area (Å²) in [6, 6.07) is 3.75. The molecule has 1 aromatic carbocycles. The van der Waals surface area contributed by atoms with Crippen LogP contribution in [-0.2, 0) is 4.79 Å². The molecule has 4 heteroatoms. The van der Waals surface area contributed by atoms with Crippen LogP contribution in [0.3, 0.4) is 0 Å². The van der Waals surface area contributed by atoms with E-state index >= 15 is 0 Å². The van der Waals surface area contributed by atoms with E-state index in [4.69, 9.17) is 11.5 Å². The highest BCUT2D eigenvalue weighted by molar-refractivity contribution is 8.13. The Balaban J connectivity index is 2.59. The summed E-state index contributed by atoms with van der Waals surface area (Å²) in [7, 11) is 0. The minimum atomic E-state index is 0.159. The minimum absolute atomic E-state index is 0.159. The molecule has 3 nitrogen and oxygen atoms in total. The van der Waals surface area contributed by atoms with Crippen molar-refractivity contribution in [3.8, 4) is 0 Å². The highest BCUT2D eigenvalue weighted by Gasteiger charge is 1.99. The second kappa shape index (κ2) is 6.35. The summed E-state index contributed by atoms with van der Waals surface area (Å²) in [5.74, 6) is 0.815. The Morgan fingerprint density at radius 3 is 2.65 bits per heavy atom. The van der Waals surface area contributed by atoms with E-state index in [0.29, 0.717) is 11.4 Å². The van der Waals surface area contributed by atoms with Crippen LogP contribution in [0.2, 0.25) is 0 Å². The van der Waals surface area contributed by atoms with Gasteiger partial charge in [-0.05, 0) is 36.6 Å². The van der Waals surface area contributed by atoms with Gasteiger partial charge in [-0.1, -0.05) is 23.9 Å². The van der Waals surface area contributed by atoms with Crippen LogP contribution < -0.4 is 11.5 Å². The molecule has 17 heavy (non-hydrogen) atoms. The fraction of sp³-hybridized carbons (Fsp3) is 0.308. The van der Waals surface area contributed by atoms with Crippen LogP contribution >= 0.6 is 11.8 Å². The quantitative estimate of drug-likeness (QED) is 0.637. The highest BCUT2D eigenvalue weighted by atomic mass is 32.2. The molecule has 0 spiro atoms. The van der Waals surface area contributed by atoms with E-state index in [9.17, 15) is 4.79 Å². The number of benzene rings is 1. The maximum absolute atomic E-state index is 10.7. The third kappa shape index (κ3) is 4.53. The SMILES string of the molecule is CC(=O)SCCC=Cc1cc(N)c(N)cc1C. The summed E-state index contributed by atoms with van der Waals surface area (Å²) in [6.45, 7) is 3.58. The van der Waals surface area contributed by atoms with Crippen molar-refractivity contribution in [1.82, 2.24) is 0 Å². The number of rotatable bonds is 4. The zero-order valence-electron chi connectivity index (χ0n) is 10.2. The van der Waals surface area contributed by atoms with E-state index < -0.39 is 0 Å². The number of hydrogen-bond acceptors (Lipinski definition) is 4. The number of nitrogen functional groups attached to an aromatic ring is 2. The molecule has 0 aliphatic carbocycles. The van der Waals surface area contributed by atoms with Crippen molar-refractivity contribution in [3.05, 3.63) is 29.3 Å². The van der Waals surface area contributed by atoms with Crippen molar-refractivity contribution in [2.45, 2.75) is 20.3 Å². The predicted molar refractivity (Wildman–Crippen MR) is 76.8 cm³/mol. The van der Waals surface area contributed by atoms with Gasteiger partial charge in [-0.3, -0.25) is 4.79 Å². The van der Waals surface area contributed by atoms with Crippen molar-refractivity contribution in [2.75, 3.05) is 17.2 Å². The second-order valence-corrected chi connectivity index (χ2v) is 5.14. The van der Waals surface area contributed by atoms with Crippen LogP contribution in [0.15, 0.2) is 18.2 Å². The summed E-state index contributed by atoms with van der Waals surface area (Å²) >= 11 is 1.34. The van der Waals surface area contributed by atoms with Gasteiger partial charge in [-0.15, -0.1) is 0 Å². The molecule has 0 aliphatic heterocycles. The topological polar surface area (TPSA) is 69.1 Å². The third-order valence-corrected chi connectivity index (χ3v) is 3.21. The van der Waals surface area contributed by atoms with Gasteiger partial charge in [0.05, 0.1) is 11.4 Å². The predicted octanol–water partition coefficient (Wildman–Crippen LogP) is 2.84. The molecule has 0 bridgehead atoms. The van der Waals surface area contributed by atoms with Crippen LogP contribution in [0.25, 0.3) is 6.08 Å². The number of allylic oxidation sites excluding steroid dienone is 1. The molecule has 0 atom stereocenters. The van der Waals surface area contributed by atoms with Crippen molar-refractivity contribution in [3.63, 3.8) is 0 Å². The Bertz CT molecular complexity index is 441. The van der Waals surface area contributed by atoms with E-state index in [2.05, 4.69) is 0 Å². The van der Waals surface area contributed by atoms with Crippen LogP contribution in [0.1, 0.15) is 24.5 Å². The lowest BCUT2D eigenvalue weighted by Crippen LogP contribution is -1.96. The van der Waals surface area contributed by atoms with E-state index in [1.165, 1.54) is 11.8 Å². The van der Waals surface area contributed by atoms with E-state index in [0.717, 1.165) is 23.3 Å². The molecule has 0 fully saturated rings. The van der Waals surface area contributed by atoms with Crippen molar-refractivity contribution in [2.24, 2.45) is 0 Å². The number of nitrogens with two attached hydrogens (primary N) is 2. The third-order valence-electron chi connectivity index (χ3n) is 2.36. The van der Waals surface area contributed by atoms with Crippen LogP contribution in [0.4, 0.5) is 11.4 Å². The summed E-state index contributed by atoms with van der Waals surface area (Å²) in [5, 5.41) is 0.159. The fourth-order valence-electron chi connectivity index (χ4n) is 1.43. The number of carbonyl (C=O) groups is 1. The monoisotopic (exact) mass is 250 g/mol. The Hall–Kier alpha value is -1.42. The Labute approximate surface area is 106 Å². The largest absolute Gasteiger partial charge is 0.397 e. The molecule has 1 aromatic rings. The lowest BCUT2D eigenvalue weighted by Gasteiger charge is -2.05. The molecule has 1 rings (SSSR count). The highest BCUT2D eigenvalue weighted by Crippen LogP contribution is 2.21. The molecule has 4 N–H and O–H groups in total. The van der Waals surface area contributed by atoms with E-state index in [1.54, 1.807) is 6.92 Å². The van der Waals surface area contributed by atoms with Crippen LogP contribution in [-0.4, -0.2) is 10.9 Å². The average molecular weight is 250 g/mol. The second-order valence-electron chi connectivity index (χ2n) is 3.87. The molecule has 0 saturated carbocycles. The van der Waals surface area contributed by atoms with E-state index in [-0.39, 0.29) is 5.12 Å². The fourth-order valence-corrected chi connectivity index (χ4v) is 1.97. The molecule has 0 aromatic heterocycles. The Kier molecular flexibility index (Phi) is 5.10. The van der Waals surface area contributed by atoms with Gasteiger partial charge in [-0.2, -0.15) is 0 Å². The van der Waals surface area contributed by atoms with E-state index in [1.807, 2.05) is 31.2 Å². The zero-order valence-corrected chi connectivity index (χ0v) is 11.0. The maximum atomic E-state index is 10.7. The maximum Gasteiger partial charge on any atom is 0.185 e. The number of thioether (sulfide) groups is 1. The number of carbonyl (C=O) groups excluding carboxylic acids is 1. The molecular weight excluding hydrogens is 232 g/mol.